The molecule has 0 aliphatic carbocycles. The van der Waals surface area contributed by atoms with Crippen molar-refractivity contribution in [2.24, 2.45) is 0 Å². The van der Waals surface area contributed by atoms with Crippen molar-refractivity contribution in [1.29, 1.82) is 0 Å². The fourth-order valence-corrected chi connectivity index (χ4v) is 4.84. The van der Waals surface area contributed by atoms with Gasteiger partial charge in [0.25, 0.3) is 0 Å². The van der Waals surface area contributed by atoms with Crippen LogP contribution in [0.15, 0.2) is 97.1 Å². The van der Waals surface area contributed by atoms with Crippen LogP contribution in [0.25, 0.3) is 0 Å². The summed E-state index contributed by atoms with van der Waals surface area (Å²) < 4.78 is 21.3. The second-order valence-electron chi connectivity index (χ2n) is 11.2. The molecule has 0 radical (unpaired) electrons. The topological polar surface area (TPSA) is 158 Å². The Kier molecular flexibility index (Phi) is 14.6. The molecule has 0 fully saturated rings. The lowest BCUT2D eigenvalue weighted by Gasteiger charge is -2.13. The highest BCUT2D eigenvalue weighted by atomic mass is 17.2. The number of ketones is 2. The van der Waals surface area contributed by atoms with Crippen molar-refractivity contribution in [3.05, 3.63) is 130 Å². The SMILES string of the molecule is CCCCC(=O)OCOc1ccccc1C(=O)c1ccccc1C(=O)OOC(=O)c1ccccc1C(=O)c1ccccc1OCOC(=O)CCCC. The predicted molar refractivity (Wildman–Crippen MR) is 186 cm³/mol. The first-order chi connectivity index (χ1) is 25.2. The zero-order valence-electron chi connectivity index (χ0n) is 28.8. The number of hydrogen-bond donors (Lipinski definition) is 0. The summed E-state index contributed by atoms with van der Waals surface area (Å²) in [6.07, 6.45) is 3.48. The largest absolute Gasteiger partial charge is 0.457 e. The lowest BCUT2D eigenvalue weighted by atomic mass is 9.97. The second-order valence-corrected chi connectivity index (χ2v) is 11.2. The molecule has 4 aromatic carbocycles. The molecule has 0 unspecified atom stereocenters. The van der Waals surface area contributed by atoms with E-state index in [-0.39, 0.29) is 57.7 Å². The zero-order valence-corrected chi connectivity index (χ0v) is 28.8. The second kappa shape index (κ2) is 19.8. The fraction of sp³-hybridized carbons (Fsp3) is 0.250. The molecule has 0 saturated carbocycles. The summed E-state index contributed by atoms with van der Waals surface area (Å²) >= 11 is 0. The number of carbonyl (C=O) groups is 6. The molecule has 0 amide bonds. The molecule has 0 atom stereocenters. The molecule has 0 aromatic heterocycles. The number of ether oxygens (including phenoxy) is 4. The summed E-state index contributed by atoms with van der Waals surface area (Å²) in [6, 6.07) is 23.9. The van der Waals surface area contributed by atoms with Gasteiger partial charge < -0.3 is 18.9 Å². The Balaban J connectivity index is 1.45. The van der Waals surface area contributed by atoms with Gasteiger partial charge >= 0.3 is 23.9 Å². The Bertz CT molecular complexity index is 1760. The van der Waals surface area contributed by atoms with E-state index in [1.807, 2.05) is 13.8 Å². The van der Waals surface area contributed by atoms with Gasteiger partial charge in [-0.1, -0.05) is 87.4 Å². The van der Waals surface area contributed by atoms with E-state index in [1.54, 1.807) is 24.3 Å². The van der Waals surface area contributed by atoms with Gasteiger partial charge in [0.15, 0.2) is 11.6 Å². The zero-order chi connectivity index (χ0) is 37.3. The molecule has 12 nitrogen and oxygen atoms in total. The molecule has 0 aliphatic heterocycles. The summed E-state index contributed by atoms with van der Waals surface area (Å²) in [7, 11) is 0. The minimum atomic E-state index is -1.16. The van der Waals surface area contributed by atoms with Gasteiger partial charge in [-0.3, -0.25) is 19.2 Å². The average Bonchev–Trinajstić information content (AvgIpc) is 3.18. The minimum Gasteiger partial charge on any atom is -0.457 e. The number of benzene rings is 4. The Morgan fingerprint density at radius 3 is 1.13 bits per heavy atom. The van der Waals surface area contributed by atoms with E-state index in [4.69, 9.17) is 28.7 Å². The minimum absolute atomic E-state index is 0.0794. The maximum Gasteiger partial charge on any atom is 0.387 e. The van der Waals surface area contributed by atoms with Crippen molar-refractivity contribution >= 4 is 35.4 Å². The Morgan fingerprint density at radius 2 is 0.769 bits per heavy atom. The third kappa shape index (κ3) is 10.6. The normalized spacial score (nSPS) is 10.4. The van der Waals surface area contributed by atoms with E-state index in [2.05, 4.69) is 0 Å². The number of carbonyl (C=O) groups excluding carboxylic acids is 6. The van der Waals surface area contributed by atoms with Crippen molar-refractivity contribution in [2.45, 2.75) is 52.4 Å². The summed E-state index contributed by atoms with van der Waals surface area (Å²) in [5.74, 6) is -4.17. The molecule has 52 heavy (non-hydrogen) atoms. The van der Waals surface area contributed by atoms with Crippen LogP contribution in [0.3, 0.4) is 0 Å². The van der Waals surface area contributed by atoms with E-state index >= 15 is 0 Å². The van der Waals surface area contributed by atoms with E-state index in [0.717, 1.165) is 12.8 Å². The Morgan fingerprint density at radius 1 is 0.442 bits per heavy atom. The van der Waals surface area contributed by atoms with Crippen LogP contribution in [0, 0.1) is 0 Å². The van der Waals surface area contributed by atoms with Crippen molar-refractivity contribution in [1.82, 2.24) is 0 Å². The predicted octanol–water partition coefficient (Wildman–Crippen LogP) is 7.22. The van der Waals surface area contributed by atoms with E-state index in [1.165, 1.54) is 72.8 Å². The summed E-state index contributed by atoms with van der Waals surface area (Å²) in [5.41, 5.74) is -0.434. The quantitative estimate of drug-likeness (QED) is 0.0336. The summed E-state index contributed by atoms with van der Waals surface area (Å²) in [5, 5.41) is 0. The lowest BCUT2D eigenvalue weighted by molar-refractivity contribution is -0.187. The molecule has 0 spiro atoms. The highest BCUT2D eigenvalue weighted by molar-refractivity contribution is 6.17. The Labute approximate surface area is 300 Å². The van der Waals surface area contributed by atoms with Crippen molar-refractivity contribution in [2.75, 3.05) is 13.6 Å². The van der Waals surface area contributed by atoms with Gasteiger partial charge in [0.2, 0.25) is 13.6 Å². The van der Waals surface area contributed by atoms with Crippen LogP contribution in [0.4, 0.5) is 0 Å². The Hall–Kier alpha value is -6.30. The van der Waals surface area contributed by atoms with Gasteiger partial charge in [0.1, 0.15) is 11.5 Å². The van der Waals surface area contributed by atoms with Crippen LogP contribution in [-0.4, -0.2) is 49.0 Å². The first kappa shape index (κ1) is 38.5. The molecule has 0 aliphatic rings. The molecule has 0 N–H and O–H groups in total. The lowest BCUT2D eigenvalue weighted by Crippen LogP contribution is -2.18. The molecule has 0 heterocycles. The van der Waals surface area contributed by atoms with Crippen LogP contribution < -0.4 is 9.47 Å². The van der Waals surface area contributed by atoms with Gasteiger partial charge in [-0.15, -0.1) is 0 Å². The molecular formula is C40H38O12. The van der Waals surface area contributed by atoms with Crippen LogP contribution >= 0.6 is 0 Å². The number of rotatable bonds is 18. The number of para-hydroxylation sites is 2. The van der Waals surface area contributed by atoms with Gasteiger partial charge in [-0.05, 0) is 49.2 Å². The monoisotopic (exact) mass is 710 g/mol. The van der Waals surface area contributed by atoms with Gasteiger partial charge in [0.05, 0.1) is 22.3 Å². The van der Waals surface area contributed by atoms with E-state index in [0.29, 0.717) is 12.8 Å². The average molecular weight is 711 g/mol. The fourth-order valence-electron chi connectivity index (χ4n) is 4.84. The smallest absolute Gasteiger partial charge is 0.387 e. The van der Waals surface area contributed by atoms with Crippen molar-refractivity contribution < 1.29 is 57.5 Å². The third-order valence-corrected chi connectivity index (χ3v) is 7.58. The van der Waals surface area contributed by atoms with Crippen LogP contribution in [0.5, 0.6) is 11.5 Å². The van der Waals surface area contributed by atoms with E-state index in [9.17, 15) is 28.8 Å². The molecule has 0 saturated heterocycles. The highest BCUT2D eigenvalue weighted by Gasteiger charge is 2.26. The van der Waals surface area contributed by atoms with Crippen LogP contribution in [0.2, 0.25) is 0 Å². The standard InChI is InChI=1S/C40H38O12/c1-3-5-23-35(41)49-25-47-33-21-13-11-19-31(33)37(43)27-15-7-9-17-29(27)39(45)51-52-40(46)30-18-10-8-16-28(30)38(44)32-20-12-14-22-34(32)48-26-50-36(42)24-6-4-2/h7-22H,3-6,23-26H2,1-2H3. The maximum atomic E-state index is 13.6. The molecule has 4 rings (SSSR count). The maximum absolute atomic E-state index is 13.6. The number of unbranched alkanes of at least 4 members (excludes halogenated alkanes) is 2. The van der Waals surface area contributed by atoms with Gasteiger partial charge in [-0.2, -0.15) is 0 Å². The van der Waals surface area contributed by atoms with Gasteiger partial charge in [-0.25, -0.2) is 19.4 Å². The molecular weight excluding hydrogens is 672 g/mol. The molecule has 12 heteroatoms. The highest BCUT2D eigenvalue weighted by Crippen LogP contribution is 2.26. The van der Waals surface area contributed by atoms with E-state index < -0.39 is 49.0 Å². The van der Waals surface area contributed by atoms with Crippen molar-refractivity contribution in [3.63, 3.8) is 0 Å². The first-order valence-corrected chi connectivity index (χ1v) is 16.7. The molecule has 270 valence electrons. The van der Waals surface area contributed by atoms with Crippen molar-refractivity contribution in [3.8, 4) is 11.5 Å². The molecule has 0 bridgehead atoms. The van der Waals surface area contributed by atoms with Crippen LogP contribution in [0.1, 0.15) is 105 Å². The third-order valence-electron chi connectivity index (χ3n) is 7.58. The number of hydrogen-bond acceptors (Lipinski definition) is 12. The number of esters is 2. The molecule has 4 aromatic rings. The summed E-state index contributed by atoms with van der Waals surface area (Å²) in [4.78, 5) is 87.1. The first-order valence-electron chi connectivity index (χ1n) is 16.7. The summed E-state index contributed by atoms with van der Waals surface area (Å²) in [6.45, 7) is 3.07. The van der Waals surface area contributed by atoms with Crippen LogP contribution in [-0.2, 0) is 28.8 Å². The van der Waals surface area contributed by atoms with Gasteiger partial charge in [0, 0.05) is 24.0 Å².